The Bertz CT molecular complexity index is 655. The molecule has 2 rings (SSSR count). The monoisotopic (exact) mass is 317 g/mol. The average Bonchev–Trinajstić information content (AvgIpc) is 2.51. The quantitative estimate of drug-likeness (QED) is 0.768. The van der Waals surface area contributed by atoms with Gasteiger partial charge in [0.25, 0.3) is 0 Å². The Hall–Kier alpha value is -2.33. The van der Waals surface area contributed by atoms with E-state index in [0.717, 1.165) is 5.56 Å². The minimum atomic E-state index is -0.140. The molecule has 0 aliphatic rings. The Balaban J connectivity index is 2.14. The van der Waals surface area contributed by atoms with Crippen molar-refractivity contribution < 1.29 is 14.3 Å². The third-order valence-electron chi connectivity index (χ3n) is 3.13. The van der Waals surface area contributed by atoms with E-state index in [1.807, 2.05) is 18.2 Å². The Morgan fingerprint density at radius 1 is 1.18 bits per heavy atom. The molecule has 0 aromatic heterocycles. The number of halogens is 1. The lowest BCUT2D eigenvalue weighted by atomic mass is 10.1. The lowest BCUT2D eigenvalue weighted by molar-refractivity contribution is -0.131. The van der Waals surface area contributed by atoms with Gasteiger partial charge in [-0.15, -0.1) is 0 Å². The lowest BCUT2D eigenvalue weighted by Crippen LogP contribution is -2.29. The van der Waals surface area contributed by atoms with E-state index in [9.17, 15) is 9.59 Å². The van der Waals surface area contributed by atoms with Crippen molar-refractivity contribution in [3.63, 3.8) is 0 Å². The maximum Gasteiger partial charge on any atom is 0.227 e. The van der Waals surface area contributed by atoms with Crippen LogP contribution in [-0.2, 0) is 16.0 Å². The van der Waals surface area contributed by atoms with Crippen LogP contribution in [0.5, 0.6) is 11.5 Å². The fourth-order valence-corrected chi connectivity index (χ4v) is 2.02. The summed E-state index contributed by atoms with van der Waals surface area (Å²) in [5.74, 6) is 1.11. The van der Waals surface area contributed by atoms with Crippen molar-refractivity contribution in [1.82, 2.24) is 4.90 Å². The van der Waals surface area contributed by atoms with E-state index in [2.05, 4.69) is 0 Å². The van der Waals surface area contributed by atoms with E-state index in [0.29, 0.717) is 22.8 Å². The van der Waals surface area contributed by atoms with Crippen LogP contribution in [0.1, 0.15) is 5.56 Å². The molecule has 0 aliphatic heterocycles. The number of nitrogens with zero attached hydrogens (tertiary/aromatic N) is 1. The minimum absolute atomic E-state index is 0.0824. The van der Waals surface area contributed by atoms with E-state index in [1.54, 1.807) is 37.4 Å². The van der Waals surface area contributed by atoms with E-state index in [-0.39, 0.29) is 18.9 Å². The number of hydrogen-bond acceptors (Lipinski definition) is 3. The molecule has 0 saturated carbocycles. The number of benzene rings is 2. The number of likely N-dealkylation sites (N-methyl/N-ethyl adjacent to an activating group) is 1. The molecular weight excluding hydrogens is 302 g/mol. The fourth-order valence-electron chi connectivity index (χ4n) is 1.89. The van der Waals surface area contributed by atoms with Crippen LogP contribution in [-0.4, -0.2) is 30.7 Å². The molecule has 0 aliphatic carbocycles. The molecule has 0 unspecified atom stereocenters. The van der Waals surface area contributed by atoms with E-state index in [1.165, 1.54) is 4.90 Å². The number of carbonyl (C=O) groups is 2. The van der Waals surface area contributed by atoms with Gasteiger partial charge in [-0.05, 0) is 30.3 Å². The molecule has 2 aromatic rings. The summed E-state index contributed by atoms with van der Waals surface area (Å²) < 4.78 is 5.81. The molecule has 0 radical (unpaired) electrons. The molecule has 0 atom stereocenters. The number of hydrogen-bond donors (Lipinski definition) is 0. The third kappa shape index (κ3) is 4.33. The van der Waals surface area contributed by atoms with E-state index >= 15 is 0 Å². The van der Waals surface area contributed by atoms with Crippen molar-refractivity contribution >= 4 is 23.8 Å². The molecule has 22 heavy (non-hydrogen) atoms. The number of carbonyl (C=O) groups excluding carboxylic acids is 2. The highest BCUT2D eigenvalue weighted by Gasteiger charge is 2.13. The van der Waals surface area contributed by atoms with E-state index < -0.39 is 0 Å². The summed E-state index contributed by atoms with van der Waals surface area (Å²) in [6.07, 6.45) is 0.877. The first-order valence-corrected chi connectivity index (χ1v) is 7.17. The molecule has 0 fully saturated rings. The van der Waals surface area contributed by atoms with Crippen molar-refractivity contribution in [3.05, 3.63) is 59.1 Å². The van der Waals surface area contributed by atoms with Gasteiger partial charge in [-0.3, -0.25) is 4.79 Å². The highest BCUT2D eigenvalue weighted by atomic mass is 35.5. The molecular formula is C17H16ClNO3. The van der Waals surface area contributed by atoms with Gasteiger partial charge < -0.3 is 14.4 Å². The predicted octanol–water partition coefficient (Wildman–Crippen LogP) is 3.33. The second kappa shape index (κ2) is 7.61. The Kier molecular flexibility index (Phi) is 5.55. The van der Waals surface area contributed by atoms with Crippen molar-refractivity contribution in [2.75, 3.05) is 13.6 Å². The van der Waals surface area contributed by atoms with Gasteiger partial charge in [-0.25, -0.2) is 0 Å². The van der Waals surface area contributed by atoms with Crippen LogP contribution in [0.2, 0.25) is 5.02 Å². The van der Waals surface area contributed by atoms with Gasteiger partial charge in [0.2, 0.25) is 5.91 Å². The van der Waals surface area contributed by atoms with Gasteiger partial charge in [0.1, 0.15) is 17.8 Å². The fraction of sp³-hybridized carbons (Fsp3) is 0.176. The maximum atomic E-state index is 12.0. The first kappa shape index (κ1) is 16.0. The van der Waals surface area contributed by atoms with Crippen LogP contribution in [0.25, 0.3) is 0 Å². The summed E-state index contributed by atoms with van der Waals surface area (Å²) >= 11 is 5.85. The second-order valence-electron chi connectivity index (χ2n) is 4.78. The molecule has 0 saturated heterocycles. The Labute approximate surface area is 134 Å². The Morgan fingerprint density at radius 2 is 1.86 bits per heavy atom. The summed E-state index contributed by atoms with van der Waals surface area (Å²) in [4.78, 5) is 23.9. The van der Waals surface area contributed by atoms with Crippen molar-refractivity contribution in [2.45, 2.75) is 6.42 Å². The van der Waals surface area contributed by atoms with E-state index in [4.69, 9.17) is 16.3 Å². The third-order valence-corrected chi connectivity index (χ3v) is 3.38. The first-order valence-electron chi connectivity index (χ1n) is 6.79. The standard InChI is InChI=1S/C17H16ClNO3/c1-19(10-11-20)17(21)12-13-4-2-3-5-16(13)22-15-8-6-14(18)7-9-15/h2-9,11H,10,12H2,1H3. The highest BCUT2D eigenvalue weighted by molar-refractivity contribution is 6.30. The zero-order valence-corrected chi connectivity index (χ0v) is 12.9. The van der Waals surface area contributed by atoms with Crippen LogP contribution in [0, 0.1) is 0 Å². The maximum absolute atomic E-state index is 12.0. The van der Waals surface area contributed by atoms with Gasteiger partial charge >= 0.3 is 0 Å². The molecule has 0 heterocycles. The minimum Gasteiger partial charge on any atom is -0.457 e. The molecule has 5 heteroatoms. The van der Waals surface area contributed by atoms with Crippen LogP contribution >= 0.6 is 11.6 Å². The zero-order valence-electron chi connectivity index (χ0n) is 12.2. The highest BCUT2D eigenvalue weighted by Crippen LogP contribution is 2.26. The number of rotatable bonds is 6. The largest absolute Gasteiger partial charge is 0.457 e. The summed E-state index contributed by atoms with van der Waals surface area (Å²) in [6.45, 7) is 0.0824. The molecule has 0 spiro atoms. The topological polar surface area (TPSA) is 46.6 Å². The molecule has 0 N–H and O–H groups in total. The van der Waals surface area contributed by atoms with Crippen molar-refractivity contribution in [3.8, 4) is 11.5 Å². The summed E-state index contributed by atoms with van der Waals surface area (Å²) in [7, 11) is 1.60. The average molecular weight is 318 g/mol. The van der Waals surface area contributed by atoms with Gasteiger partial charge in [0.15, 0.2) is 0 Å². The number of ether oxygens (including phenoxy) is 1. The van der Waals surface area contributed by atoms with Crippen LogP contribution in [0.3, 0.4) is 0 Å². The molecule has 1 amide bonds. The molecule has 2 aromatic carbocycles. The molecule has 4 nitrogen and oxygen atoms in total. The predicted molar refractivity (Wildman–Crippen MR) is 85.4 cm³/mol. The zero-order chi connectivity index (χ0) is 15.9. The normalized spacial score (nSPS) is 10.1. The lowest BCUT2D eigenvalue weighted by Gasteiger charge is -2.15. The number of para-hydroxylation sites is 1. The van der Waals surface area contributed by atoms with Crippen molar-refractivity contribution in [1.29, 1.82) is 0 Å². The SMILES string of the molecule is CN(CC=O)C(=O)Cc1ccccc1Oc1ccc(Cl)cc1. The van der Waals surface area contributed by atoms with Crippen LogP contribution in [0.4, 0.5) is 0 Å². The summed E-state index contributed by atoms with van der Waals surface area (Å²) in [5.41, 5.74) is 0.764. The van der Waals surface area contributed by atoms with Gasteiger partial charge in [0, 0.05) is 17.6 Å². The Morgan fingerprint density at radius 3 is 2.55 bits per heavy atom. The smallest absolute Gasteiger partial charge is 0.227 e. The van der Waals surface area contributed by atoms with Gasteiger partial charge in [-0.1, -0.05) is 29.8 Å². The number of amides is 1. The van der Waals surface area contributed by atoms with Gasteiger partial charge in [0.05, 0.1) is 13.0 Å². The van der Waals surface area contributed by atoms with Crippen LogP contribution < -0.4 is 4.74 Å². The van der Waals surface area contributed by atoms with Crippen LogP contribution in [0.15, 0.2) is 48.5 Å². The number of aldehydes is 1. The van der Waals surface area contributed by atoms with Crippen molar-refractivity contribution in [2.24, 2.45) is 0 Å². The molecule has 0 bridgehead atoms. The van der Waals surface area contributed by atoms with Gasteiger partial charge in [-0.2, -0.15) is 0 Å². The summed E-state index contributed by atoms with van der Waals surface area (Å²) in [5, 5.41) is 0.631. The first-order chi connectivity index (χ1) is 10.6. The second-order valence-corrected chi connectivity index (χ2v) is 5.22. The molecule has 114 valence electrons. The summed E-state index contributed by atoms with van der Waals surface area (Å²) in [6, 6.07) is 14.3.